The average molecular weight is 295 g/mol. The molecule has 3 aromatic rings. The summed E-state index contributed by atoms with van der Waals surface area (Å²) in [6, 6.07) is 8.64. The van der Waals surface area contributed by atoms with Crippen LogP contribution in [-0.4, -0.2) is 32.1 Å². The van der Waals surface area contributed by atoms with Crippen molar-refractivity contribution in [2.24, 2.45) is 0 Å². The summed E-state index contributed by atoms with van der Waals surface area (Å²) in [7, 11) is 0. The van der Waals surface area contributed by atoms with E-state index in [9.17, 15) is 0 Å². The number of aryl methyl sites for hydroxylation is 1. The minimum atomic E-state index is 0.367. The van der Waals surface area contributed by atoms with Crippen LogP contribution in [0, 0.1) is 6.92 Å². The van der Waals surface area contributed by atoms with E-state index in [1.807, 2.05) is 12.3 Å². The highest BCUT2D eigenvalue weighted by Crippen LogP contribution is 2.14. The Labute approximate surface area is 130 Å². The highest BCUT2D eigenvalue weighted by molar-refractivity contribution is 5.75. The molecule has 114 valence electrons. The molecule has 3 rings (SSSR count). The molecule has 5 heteroatoms. The Hall–Kier alpha value is -2.27. The Morgan fingerprint density at radius 3 is 2.91 bits per heavy atom. The van der Waals surface area contributed by atoms with Crippen molar-refractivity contribution in [1.29, 1.82) is 0 Å². The zero-order chi connectivity index (χ0) is 15.4. The van der Waals surface area contributed by atoms with Crippen LogP contribution in [0.4, 0.5) is 0 Å². The van der Waals surface area contributed by atoms with E-state index in [1.165, 1.54) is 5.52 Å². The fraction of sp³-hybridized carbons (Fsp3) is 0.353. The van der Waals surface area contributed by atoms with E-state index >= 15 is 0 Å². The van der Waals surface area contributed by atoms with Crippen LogP contribution in [0.15, 0.2) is 42.9 Å². The summed E-state index contributed by atoms with van der Waals surface area (Å²) < 4.78 is 2.26. The van der Waals surface area contributed by atoms with Crippen LogP contribution in [0.25, 0.3) is 11.0 Å². The molecular weight excluding hydrogens is 274 g/mol. The van der Waals surface area contributed by atoms with Gasteiger partial charge in [-0.3, -0.25) is 9.97 Å². The SMILES string of the molecule is Cc1nc2ccccc2n1CCNC(C)Cc1cnccn1. The monoisotopic (exact) mass is 295 g/mol. The van der Waals surface area contributed by atoms with Crippen LogP contribution in [0.1, 0.15) is 18.4 Å². The van der Waals surface area contributed by atoms with Gasteiger partial charge in [0.1, 0.15) is 5.82 Å². The van der Waals surface area contributed by atoms with Crippen molar-refractivity contribution in [2.45, 2.75) is 32.9 Å². The maximum absolute atomic E-state index is 4.60. The van der Waals surface area contributed by atoms with E-state index in [4.69, 9.17) is 0 Å². The summed E-state index contributed by atoms with van der Waals surface area (Å²) in [4.78, 5) is 13.0. The number of imidazole rings is 1. The Bertz CT molecular complexity index is 735. The molecule has 0 amide bonds. The van der Waals surface area contributed by atoms with Crippen LogP contribution in [0.2, 0.25) is 0 Å². The third-order valence-corrected chi connectivity index (χ3v) is 3.81. The Kier molecular flexibility index (Phi) is 4.44. The lowest BCUT2D eigenvalue weighted by Gasteiger charge is -2.14. The number of aromatic nitrogens is 4. The Morgan fingerprint density at radius 1 is 1.23 bits per heavy atom. The van der Waals surface area contributed by atoms with E-state index in [1.54, 1.807) is 12.4 Å². The van der Waals surface area contributed by atoms with E-state index in [0.717, 1.165) is 36.5 Å². The minimum Gasteiger partial charge on any atom is -0.327 e. The first kappa shape index (κ1) is 14.7. The summed E-state index contributed by atoms with van der Waals surface area (Å²) in [6.45, 7) is 6.05. The van der Waals surface area contributed by atoms with E-state index in [0.29, 0.717) is 6.04 Å². The molecule has 0 spiro atoms. The van der Waals surface area contributed by atoms with Crippen LogP contribution in [-0.2, 0) is 13.0 Å². The number of hydrogen-bond acceptors (Lipinski definition) is 4. The smallest absolute Gasteiger partial charge is 0.106 e. The largest absolute Gasteiger partial charge is 0.327 e. The summed E-state index contributed by atoms with van der Waals surface area (Å²) in [6.07, 6.45) is 6.15. The molecule has 0 aliphatic heterocycles. The standard InChI is InChI=1S/C17H21N5/c1-13(11-15-12-18-7-8-20-15)19-9-10-22-14(2)21-16-5-3-4-6-17(16)22/h3-8,12-13,19H,9-11H2,1-2H3. The summed E-state index contributed by atoms with van der Waals surface area (Å²) in [5.74, 6) is 1.06. The highest BCUT2D eigenvalue weighted by atomic mass is 15.1. The van der Waals surface area contributed by atoms with Gasteiger partial charge in [0.05, 0.1) is 16.7 Å². The van der Waals surface area contributed by atoms with Gasteiger partial charge in [-0.1, -0.05) is 12.1 Å². The van der Waals surface area contributed by atoms with Crippen molar-refractivity contribution in [2.75, 3.05) is 6.54 Å². The molecule has 1 atom stereocenters. The van der Waals surface area contributed by atoms with Crippen LogP contribution in [0.3, 0.4) is 0 Å². The van der Waals surface area contributed by atoms with Crippen molar-refractivity contribution in [3.8, 4) is 0 Å². The lowest BCUT2D eigenvalue weighted by molar-refractivity contribution is 0.509. The topological polar surface area (TPSA) is 55.6 Å². The number of nitrogens with one attached hydrogen (secondary N) is 1. The van der Waals surface area contributed by atoms with Crippen LogP contribution < -0.4 is 5.32 Å². The van der Waals surface area contributed by atoms with Gasteiger partial charge >= 0.3 is 0 Å². The molecule has 1 unspecified atom stereocenters. The first-order valence-electron chi connectivity index (χ1n) is 7.64. The number of benzene rings is 1. The van der Waals surface area contributed by atoms with Crippen molar-refractivity contribution >= 4 is 11.0 Å². The molecule has 1 aromatic carbocycles. The second-order valence-electron chi connectivity index (χ2n) is 5.56. The third kappa shape index (κ3) is 3.31. The predicted molar refractivity (Wildman–Crippen MR) is 87.7 cm³/mol. The minimum absolute atomic E-state index is 0.367. The molecule has 1 N–H and O–H groups in total. The van der Waals surface area contributed by atoms with Crippen LogP contribution >= 0.6 is 0 Å². The first-order valence-corrected chi connectivity index (χ1v) is 7.64. The fourth-order valence-corrected chi connectivity index (χ4v) is 2.72. The van der Waals surface area contributed by atoms with E-state index in [2.05, 4.69) is 56.9 Å². The normalized spacial score (nSPS) is 12.6. The van der Waals surface area contributed by atoms with Crippen molar-refractivity contribution in [1.82, 2.24) is 24.8 Å². The van der Waals surface area contributed by atoms with E-state index in [-0.39, 0.29) is 0 Å². The maximum atomic E-state index is 4.60. The summed E-state index contributed by atoms with van der Waals surface area (Å²) in [5, 5.41) is 3.54. The molecular formula is C17H21N5. The first-order chi connectivity index (χ1) is 10.7. The lowest BCUT2D eigenvalue weighted by Crippen LogP contribution is -2.31. The molecule has 0 bridgehead atoms. The van der Waals surface area contributed by atoms with Gasteiger partial charge in [0.25, 0.3) is 0 Å². The predicted octanol–water partition coefficient (Wildman–Crippen LogP) is 2.36. The zero-order valence-corrected chi connectivity index (χ0v) is 13.0. The van der Waals surface area contributed by atoms with Gasteiger partial charge in [-0.05, 0) is 26.0 Å². The zero-order valence-electron chi connectivity index (χ0n) is 13.0. The Balaban J connectivity index is 1.57. The summed E-state index contributed by atoms with van der Waals surface area (Å²) >= 11 is 0. The third-order valence-electron chi connectivity index (χ3n) is 3.81. The van der Waals surface area contributed by atoms with Crippen molar-refractivity contribution in [3.05, 3.63) is 54.4 Å². The highest BCUT2D eigenvalue weighted by Gasteiger charge is 2.08. The number of hydrogen-bond donors (Lipinski definition) is 1. The summed E-state index contributed by atoms with van der Waals surface area (Å²) in [5.41, 5.74) is 3.28. The quantitative estimate of drug-likeness (QED) is 0.758. The molecule has 0 saturated heterocycles. The van der Waals surface area contributed by atoms with Gasteiger partial charge in [0, 0.05) is 44.1 Å². The molecule has 0 aliphatic rings. The Morgan fingerprint density at radius 2 is 2.09 bits per heavy atom. The molecule has 0 aliphatic carbocycles. The molecule has 22 heavy (non-hydrogen) atoms. The fourth-order valence-electron chi connectivity index (χ4n) is 2.72. The number of nitrogens with zero attached hydrogens (tertiary/aromatic N) is 4. The maximum Gasteiger partial charge on any atom is 0.106 e. The van der Waals surface area contributed by atoms with Crippen LogP contribution in [0.5, 0.6) is 0 Å². The molecule has 5 nitrogen and oxygen atoms in total. The lowest BCUT2D eigenvalue weighted by atomic mass is 10.2. The molecule has 2 aromatic heterocycles. The second kappa shape index (κ2) is 6.66. The molecule has 0 radical (unpaired) electrons. The number of rotatable bonds is 6. The molecule has 2 heterocycles. The van der Waals surface area contributed by atoms with Gasteiger partial charge in [0.15, 0.2) is 0 Å². The van der Waals surface area contributed by atoms with Gasteiger partial charge < -0.3 is 9.88 Å². The average Bonchev–Trinajstić information content (AvgIpc) is 2.84. The second-order valence-corrected chi connectivity index (χ2v) is 5.56. The van der Waals surface area contributed by atoms with Gasteiger partial charge in [0.2, 0.25) is 0 Å². The molecule has 0 fully saturated rings. The molecule has 0 saturated carbocycles. The van der Waals surface area contributed by atoms with Gasteiger partial charge in [-0.25, -0.2) is 4.98 Å². The van der Waals surface area contributed by atoms with Crippen molar-refractivity contribution in [3.63, 3.8) is 0 Å². The number of para-hydroxylation sites is 2. The van der Waals surface area contributed by atoms with E-state index < -0.39 is 0 Å². The number of fused-ring (bicyclic) bond motifs is 1. The van der Waals surface area contributed by atoms with Gasteiger partial charge in [-0.15, -0.1) is 0 Å². The van der Waals surface area contributed by atoms with Crippen molar-refractivity contribution < 1.29 is 0 Å². The van der Waals surface area contributed by atoms with Gasteiger partial charge in [-0.2, -0.15) is 0 Å².